The van der Waals surface area contributed by atoms with Crippen molar-refractivity contribution in [2.75, 3.05) is 11.1 Å². The van der Waals surface area contributed by atoms with Crippen molar-refractivity contribution in [1.29, 1.82) is 0 Å². The van der Waals surface area contributed by atoms with Crippen LogP contribution in [0.2, 0.25) is 0 Å². The minimum absolute atomic E-state index is 0.265. The molecule has 0 fully saturated rings. The molecule has 0 spiro atoms. The number of hydrogen-bond donors (Lipinski definition) is 2. The van der Waals surface area contributed by atoms with Crippen LogP contribution in [0.25, 0.3) is 11.3 Å². The molecule has 0 saturated heterocycles. The number of nitrogens with two attached hydrogens (primary N) is 1. The van der Waals surface area contributed by atoms with Crippen LogP contribution in [-0.4, -0.2) is 15.1 Å². The lowest BCUT2D eigenvalue weighted by Crippen LogP contribution is -2.00. The second-order valence-corrected chi connectivity index (χ2v) is 6.09. The first kappa shape index (κ1) is 17.6. The summed E-state index contributed by atoms with van der Waals surface area (Å²) in [6.07, 6.45) is 3.59. The van der Waals surface area contributed by atoms with E-state index in [0.717, 1.165) is 11.6 Å². The Labute approximate surface area is 159 Å². The van der Waals surface area contributed by atoms with Crippen molar-refractivity contribution < 1.29 is 13.3 Å². The van der Waals surface area contributed by atoms with Crippen LogP contribution in [-0.2, 0) is 6.42 Å². The molecule has 3 heterocycles. The Hall–Kier alpha value is -3.81. The number of pyridine rings is 2. The molecule has 0 aliphatic rings. The van der Waals surface area contributed by atoms with Crippen molar-refractivity contribution in [3.63, 3.8) is 0 Å². The largest absolute Gasteiger partial charge is 0.383 e. The van der Waals surface area contributed by atoms with Crippen LogP contribution >= 0.6 is 0 Å². The number of nitrogen functional groups attached to an aromatic ring is 1. The molecule has 4 aromatic rings. The Morgan fingerprint density at radius 2 is 1.71 bits per heavy atom. The summed E-state index contributed by atoms with van der Waals surface area (Å²) in [4.78, 5) is 8.30. The Balaban J connectivity index is 1.59. The van der Waals surface area contributed by atoms with Crippen molar-refractivity contribution in [2.24, 2.45) is 0 Å². The highest BCUT2D eigenvalue weighted by Crippen LogP contribution is 2.27. The third-order valence-corrected chi connectivity index (χ3v) is 4.05. The van der Waals surface area contributed by atoms with Crippen LogP contribution in [0.4, 0.5) is 26.1 Å². The molecule has 6 nitrogen and oxygen atoms in total. The normalized spacial score (nSPS) is 10.8. The van der Waals surface area contributed by atoms with Gasteiger partial charge in [-0.25, -0.2) is 18.7 Å². The van der Waals surface area contributed by atoms with Gasteiger partial charge in [-0.2, -0.15) is 0 Å². The summed E-state index contributed by atoms with van der Waals surface area (Å²) < 4.78 is 32.3. The van der Waals surface area contributed by atoms with Gasteiger partial charge in [0.05, 0.1) is 11.3 Å². The maximum Gasteiger partial charge on any atom is 0.170 e. The number of nitrogens with one attached hydrogen (secondary N) is 1. The van der Waals surface area contributed by atoms with Crippen molar-refractivity contribution in [3.05, 3.63) is 83.8 Å². The molecule has 3 N–H and O–H groups in total. The minimum Gasteiger partial charge on any atom is -0.383 e. The number of nitrogens with zero attached hydrogens (tertiary/aromatic N) is 3. The number of aromatic nitrogens is 3. The summed E-state index contributed by atoms with van der Waals surface area (Å²) in [5.41, 5.74) is 8.22. The van der Waals surface area contributed by atoms with Crippen molar-refractivity contribution in [1.82, 2.24) is 15.1 Å². The summed E-state index contributed by atoms with van der Waals surface area (Å²) in [5, 5.41) is 7.01. The van der Waals surface area contributed by atoms with E-state index in [9.17, 15) is 8.78 Å². The number of rotatable bonds is 5. The molecule has 3 aromatic heterocycles. The summed E-state index contributed by atoms with van der Waals surface area (Å²) in [5.74, 6) is -0.0171. The maximum absolute atomic E-state index is 13.4. The number of anilines is 3. The molecule has 0 aliphatic carbocycles. The average molecular weight is 379 g/mol. The molecule has 28 heavy (non-hydrogen) atoms. The zero-order chi connectivity index (χ0) is 19.5. The molecule has 8 heteroatoms. The first-order valence-corrected chi connectivity index (χ1v) is 8.42. The second kappa shape index (κ2) is 7.43. The Bertz CT molecular complexity index is 1110. The van der Waals surface area contributed by atoms with Gasteiger partial charge in [-0.15, -0.1) is 0 Å². The molecule has 140 valence electrons. The third kappa shape index (κ3) is 3.80. The van der Waals surface area contributed by atoms with Gasteiger partial charge in [-0.3, -0.25) is 0 Å². The van der Waals surface area contributed by atoms with Gasteiger partial charge in [-0.1, -0.05) is 11.2 Å². The van der Waals surface area contributed by atoms with E-state index in [0.29, 0.717) is 35.1 Å². The summed E-state index contributed by atoms with van der Waals surface area (Å²) >= 11 is 0. The highest BCUT2D eigenvalue weighted by molar-refractivity contribution is 5.69. The quantitative estimate of drug-likeness (QED) is 0.537. The van der Waals surface area contributed by atoms with Gasteiger partial charge in [0.25, 0.3) is 0 Å². The van der Waals surface area contributed by atoms with Gasteiger partial charge in [0.1, 0.15) is 23.3 Å². The highest BCUT2D eigenvalue weighted by Gasteiger charge is 2.13. The van der Waals surface area contributed by atoms with Crippen molar-refractivity contribution >= 4 is 17.3 Å². The molecule has 4 rings (SSSR count). The number of hydrogen-bond acceptors (Lipinski definition) is 6. The summed E-state index contributed by atoms with van der Waals surface area (Å²) in [6, 6.07) is 12.1. The molecule has 0 aliphatic heterocycles. The van der Waals surface area contributed by atoms with Gasteiger partial charge in [-0.05, 0) is 30.3 Å². The predicted molar refractivity (Wildman–Crippen MR) is 101 cm³/mol. The van der Waals surface area contributed by atoms with Gasteiger partial charge in [0.2, 0.25) is 0 Å². The molecular formula is C20H15F2N5O. The average Bonchev–Trinajstić information content (AvgIpc) is 3.11. The molecule has 0 atom stereocenters. The fourth-order valence-corrected chi connectivity index (χ4v) is 2.80. The van der Waals surface area contributed by atoms with Crippen molar-refractivity contribution in [3.8, 4) is 11.3 Å². The predicted octanol–water partition coefficient (Wildman–Crippen LogP) is 4.33. The van der Waals surface area contributed by atoms with Crippen LogP contribution in [0, 0.1) is 11.6 Å². The lowest BCUT2D eigenvalue weighted by Gasteiger charge is -2.10. The second-order valence-electron chi connectivity index (χ2n) is 6.09. The highest BCUT2D eigenvalue weighted by atomic mass is 19.1. The van der Waals surface area contributed by atoms with E-state index in [1.54, 1.807) is 36.7 Å². The van der Waals surface area contributed by atoms with E-state index in [-0.39, 0.29) is 5.69 Å². The molecule has 0 bridgehead atoms. The lowest BCUT2D eigenvalue weighted by molar-refractivity contribution is 0.425. The Morgan fingerprint density at radius 1 is 0.964 bits per heavy atom. The van der Waals surface area contributed by atoms with Crippen LogP contribution in [0.15, 0.2) is 65.4 Å². The standard InChI is InChI=1S/C20H15F2N5O/c21-13-8-14(22)10-15(9-13)26-20-12(3-1-6-25-20)7-16-11-18(28-27-16)17-4-2-5-24-19(17)23/h1-6,8-11H,7H2,(H2,23,24)(H,25,26). The topological polar surface area (TPSA) is 89.9 Å². The van der Waals surface area contributed by atoms with Gasteiger partial charge < -0.3 is 15.6 Å². The summed E-state index contributed by atoms with van der Waals surface area (Å²) in [6.45, 7) is 0. The Morgan fingerprint density at radius 3 is 2.50 bits per heavy atom. The molecule has 0 saturated carbocycles. The monoisotopic (exact) mass is 379 g/mol. The van der Waals surface area contributed by atoms with Crippen LogP contribution < -0.4 is 11.1 Å². The maximum atomic E-state index is 13.4. The zero-order valence-electron chi connectivity index (χ0n) is 14.6. The molecule has 0 unspecified atom stereocenters. The van der Waals surface area contributed by atoms with Crippen LogP contribution in [0.1, 0.15) is 11.3 Å². The lowest BCUT2D eigenvalue weighted by atomic mass is 10.1. The van der Waals surface area contributed by atoms with Gasteiger partial charge in [0, 0.05) is 42.2 Å². The SMILES string of the molecule is Nc1ncccc1-c1cc(Cc2cccnc2Nc2cc(F)cc(F)c2)no1. The fraction of sp³-hybridized carbons (Fsp3) is 0.0500. The molecule has 0 amide bonds. The van der Waals surface area contributed by atoms with Gasteiger partial charge >= 0.3 is 0 Å². The number of benzene rings is 1. The smallest absolute Gasteiger partial charge is 0.170 e. The number of halogens is 2. The molecule has 1 aromatic carbocycles. The zero-order valence-corrected chi connectivity index (χ0v) is 14.6. The first-order chi connectivity index (χ1) is 13.6. The third-order valence-electron chi connectivity index (χ3n) is 4.05. The minimum atomic E-state index is -0.671. The van der Waals surface area contributed by atoms with E-state index in [4.69, 9.17) is 10.3 Å². The van der Waals surface area contributed by atoms with Crippen LogP contribution in [0.5, 0.6) is 0 Å². The van der Waals surface area contributed by atoms with E-state index in [1.165, 1.54) is 12.1 Å². The molecular weight excluding hydrogens is 364 g/mol. The van der Waals surface area contributed by atoms with Crippen molar-refractivity contribution in [2.45, 2.75) is 6.42 Å². The van der Waals surface area contributed by atoms with E-state index >= 15 is 0 Å². The van der Waals surface area contributed by atoms with Crippen LogP contribution in [0.3, 0.4) is 0 Å². The van der Waals surface area contributed by atoms with E-state index in [2.05, 4.69) is 20.4 Å². The Kier molecular flexibility index (Phi) is 4.67. The van der Waals surface area contributed by atoms with Gasteiger partial charge in [0.15, 0.2) is 5.76 Å². The van der Waals surface area contributed by atoms with E-state index in [1.807, 2.05) is 6.07 Å². The first-order valence-electron chi connectivity index (χ1n) is 8.42. The van der Waals surface area contributed by atoms with E-state index < -0.39 is 11.6 Å². The molecule has 0 radical (unpaired) electrons. The fourth-order valence-electron chi connectivity index (χ4n) is 2.80. The summed E-state index contributed by atoms with van der Waals surface area (Å²) in [7, 11) is 0.